The van der Waals surface area contributed by atoms with Crippen LogP contribution in [0.5, 0.6) is 0 Å². The van der Waals surface area contributed by atoms with E-state index in [1.807, 2.05) is 0 Å². The number of nitrogens with one attached hydrogen (secondary N) is 1. The molecule has 0 amide bonds. The maximum absolute atomic E-state index is 8.74. The quantitative estimate of drug-likeness (QED) is 0.238. The minimum absolute atomic E-state index is 0.000000000000000444. The van der Waals surface area contributed by atoms with E-state index in [1.165, 1.54) is 0 Å². The smallest absolute Gasteiger partial charge is 0.354 e. The van der Waals surface area contributed by atoms with Crippen LogP contribution in [0.25, 0.3) is 0 Å². The summed E-state index contributed by atoms with van der Waals surface area (Å²) < 4.78 is 0. The molecule has 0 radical (unpaired) electrons. The van der Waals surface area contributed by atoms with Crippen molar-refractivity contribution < 1.29 is 10.2 Å². The highest BCUT2D eigenvalue weighted by Gasteiger charge is 2.24. The molecule has 0 unspecified atom stereocenters. The molecule has 1 heterocycles. The van der Waals surface area contributed by atoms with Crippen LogP contribution in [0.1, 0.15) is 0 Å². The first-order valence-electron chi connectivity index (χ1n) is 2.55. The summed E-state index contributed by atoms with van der Waals surface area (Å²) in [4.78, 5) is 3.21. The molecule has 1 aliphatic rings. The third-order valence-electron chi connectivity index (χ3n) is 0.997. The van der Waals surface area contributed by atoms with Gasteiger partial charge in [-0.3, -0.25) is 5.32 Å². The average Bonchev–Trinajstić information content (AvgIpc) is 1.79. The zero-order valence-electron chi connectivity index (χ0n) is 5.07. The molecule has 0 spiro atoms. The summed E-state index contributed by atoms with van der Waals surface area (Å²) >= 11 is 0. The topological polar surface area (TPSA) is 117 Å². The van der Waals surface area contributed by atoms with E-state index in [2.05, 4.69) is 10.3 Å². The van der Waals surface area contributed by atoms with Crippen LogP contribution in [0.15, 0.2) is 16.5 Å². The molecule has 0 aromatic heterocycles. The molecule has 1 aliphatic heterocycles. The van der Waals surface area contributed by atoms with Gasteiger partial charge in [-0.05, 0) is 0 Å². The van der Waals surface area contributed by atoms with Gasteiger partial charge < -0.3 is 21.7 Å². The van der Waals surface area contributed by atoms with Crippen LogP contribution in [0.3, 0.4) is 0 Å². The molecule has 0 bridgehead atoms. The van der Waals surface area contributed by atoms with E-state index in [4.69, 9.17) is 21.7 Å². The van der Waals surface area contributed by atoms with Gasteiger partial charge >= 0.3 is 6.03 Å². The van der Waals surface area contributed by atoms with Gasteiger partial charge in [-0.1, -0.05) is 0 Å². The minimum Gasteiger partial charge on any atom is -0.395 e. The van der Waals surface area contributed by atoms with Crippen molar-refractivity contribution in [3.8, 4) is 0 Å². The average molecular weight is 144 g/mol. The van der Waals surface area contributed by atoms with Gasteiger partial charge in [0.15, 0.2) is 0 Å². The number of aliphatic imine (C=N–C) groups is 1. The van der Waals surface area contributed by atoms with Gasteiger partial charge in [0.2, 0.25) is 0 Å². The number of allylic oxidation sites excluding steroid dienone is 1. The fourth-order valence-corrected chi connectivity index (χ4v) is 0.514. The van der Waals surface area contributed by atoms with E-state index in [1.54, 1.807) is 0 Å². The number of rotatable bonds is 0. The summed E-state index contributed by atoms with van der Waals surface area (Å²) in [6.45, 7) is 0. The Hall–Kier alpha value is -1.27. The standard InChI is InChI=1S/C4H8N4O2/c5-2-1-7-4(9,10)8-3(2)6/h1,8-10H,5-6H2. The molecular weight excluding hydrogens is 136 g/mol. The summed E-state index contributed by atoms with van der Waals surface area (Å²) in [5, 5.41) is 19.5. The second-order valence-electron chi connectivity index (χ2n) is 1.89. The summed E-state index contributed by atoms with van der Waals surface area (Å²) in [5.41, 5.74) is 10.6. The number of aliphatic hydroxyl groups is 2. The molecule has 6 heteroatoms. The zero-order valence-corrected chi connectivity index (χ0v) is 5.07. The molecule has 0 saturated carbocycles. The first-order valence-corrected chi connectivity index (χ1v) is 2.55. The monoisotopic (exact) mass is 144 g/mol. The molecule has 0 saturated heterocycles. The van der Waals surface area contributed by atoms with E-state index in [-0.39, 0.29) is 11.5 Å². The van der Waals surface area contributed by atoms with Crippen molar-refractivity contribution >= 4 is 6.21 Å². The van der Waals surface area contributed by atoms with Crippen LogP contribution in [-0.2, 0) is 0 Å². The van der Waals surface area contributed by atoms with E-state index in [0.717, 1.165) is 6.21 Å². The number of nitrogens with zero attached hydrogens (tertiary/aromatic N) is 1. The Morgan fingerprint density at radius 1 is 1.50 bits per heavy atom. The molecule has 56 valence electrons. The largest absolute Gasteiger partial charge is 0.395 e. The first kappa shape index (κ1) is 6.84. The van der Waals surface area contributed by atoms with Crippen LogP contribution in [0, 0.1) is 0 Å². The van der Waals surface area contributed by atoms with Crippen molar-refractivity contribution in [3.63, 3.8) is 0 Å². The fraction of sp³-hybridized carbons (Fsp3) is 0.250. The predicted octanol–water partition coefficient (Wildman–Crippen LogP) is -2.66. The van der Waals surface area contributed by atoms with Crippen molar-refractivity contribution in [1.29, 1.82) is 0 Å². The van der Waals surface area contributed by atoms with E-state index in [9.17, 15) is 0 Å². The molecule has 0 aromatic rings. The Bertz CT molecular complexity index is 207. The number of nitrogens with two attached hydrogens (primary N) is 2. The number of hydrogen-bond donors (Lipinski definition) is 5. The second kappa shape index (κ2) is 1.86. The zero-order chi connectivity index (χ0) is 7.78. The Balaban J connectivity index is 2.85. The second-order valence-corrected chi connectivity index (χ2v) is 1.89. The SMILES string of the molecule is NC1=C(N)NC(O)(O)N=C1. The summed E-state index contributed by atoms with van der Waals surface area (Å²) in [6, 6.07) is -2.31. The molecule has 0 aromatic carbocycles. The van der Waals surface area contributed by atoms with Crippen LogP contribution in [0.2, 0.25) is 0 Å². The maximum atomic E-state index is 8.74. The molecule has 0 fully saturated rings. The van der Waals surface area contributed by atoms with Gasteiger partial charge in [0.05, 0.1) is 11.9 Å². The Morgan fingerprint density at radius 2 is 2.10 bits per heavy atom. The predicted molar refractivity (Wildman–Crippen MR) is 34.2 cm³/mol. The summed E-state index contributed by atoms with van der Waals surface area (Å²) in [6.07, 6.45) is 1.08. The van der Waals surface area contributed by atoms with Gasteiger partial charge in [0.25, 0.3) is 0 Å². The molecule has 1 rings (SSSR count). The van der Waals surface area contributed by atoms with E-state index in [0.29, 0.717) is 0 Å². The van der Waals surface area contributed by atoms with Crippen molar-refractivity contribution in [2.75, 3.05) is 0 Å². The molecular formula is C4H8N4O2. The Kier molecular flexibility index (Phi) is 1.27. The number of hydrogen-bond acceptors (Lipinski definition) is 6. The molecule has 10 heavy (non-hydrogen) atoms. The van der Waals surface area contributed by atoms with Crippen LogP contribution in [-0.4, -0.2) is 22.5 Å². The van der Waals surface area contributed by atoms with Crippen LogP contribution in [0.4, 0.5) is 0 Å². The molecule has 0 aliphatic carbocycles. The van der Waals surface area contributed by atoms with E-state index >= 15 is 0 Å². The van der Waals surface area contributed by atoms with Crippen molar-refractivity contribution in [1.82, 2.24) is 5.32 Å². The normalized spacial score (nSPS) is 22.6. The van der Waals surface area contributed by atoms with Gasteiger partial charge in [0.1, 0.15) is 5.82 Å². The fourth-order valence-electron chi connectivity index (χ4n) is 0.514. The lowest BCUT2D eigenvalue weighted by molar-refractivity contribution is -0.172. The van der Waals surface area contributed by atoms with E-state index < -0.39 is 6.03 Å². The van der Waals surface area contributed by atoms with Gasteiger partial charge in [-0.25, -0.2) is 4.99 Å². The van der Waals surface area contributed by atoms with Crippen molar-refractivity contribution in [2.24, 2.45) is 16.5 Å². The minimum atomic E-state index is -2.31. The Morgan fingerprint density at radius 3 is 2.50 bits per heavy atom. The highest BCUT2D eigenvalue weighted by Crippen LogP contribution is 2.03. The molecule has 7 N–H and O–H groups in total. The third kappa shape index (κ3) is 1.17. The third-order valence-corrected chi connectivity index (χ3v) is 0.997. The highest BCUT2D eigenvalue weighted by atomic mass is 16.5. The maximum Gasteiger partial charge on any atom is 0.354 e. The molecule has 0 atom stereocenters. The lowest BCUT2D eigenvalue weighted by atomic mass is 10.4. The molecule has 6 nitrogen and oxygen atoms in total. The Labute approximate surface area is 56.9 Å². The van der Waals surface area contributed by atoms with Gasteiger partial charge in [0, 0.05) is 0 Å². The lowest BCUT2D eigenvalue weighted by Gasteiger charge is -2.22. The lowest BCUT2D eigenvalue weighted by Crippen LogP contribution is -2.48. The van der Waals surface area contributed by atoms with Gasteiger partial charge in [-0.2, -0.15) is 0 Å². The van der Waals surface area contributed by atoms with Crippen molar-refractivity contribution in [2.45, 2.75) is 6.03 Å². The summed E-state index contributed by atoms with van der Waals surface area (Å²) in [7, 11) is 0. The summed E-state index contributed by atoms with van der Waals surface area (Å²) in [5.74, 6) is 0.000000000000000444. The van der Waals surface area contributed by atoms with Crippen LogP contribution < -0.4 is 16.8 Å². The first-order chi connectivity index (χ1) is 4.51. The highest BCUT2D eigenvalue weighted by molar-refractivity contribution is 5.79. The van der Waals surface area contributed by atoms with Crippen molar-refractivity contribution in [3.05, 3.63) is 11.5 Å². The van der Waals surface area contributed by atoms with Crippen LogP contribution >= 0.6 is 0 Å². The van der Waals surface area contributed by atoms with Gasteiger partial charge in [-0.15, -0.1) is 0 Å².